The van der Waals surface area contributed by atoms with Gasteiger partial charge in [0.2, 0.25) is 0 Å². The van der Waals surface area contributed by atoms with E-state index in [1.807, 2.05) is 0 Å². The number of halogens is 7. The molecule has 2 rings (SSSR count). The van der Waals surface area contributed by atoms with Crippen LogP contribution in [0.4, 0.5) is 30.7 Å². The minimum atomic E-state index is -6.39. The molecule has 1 heterocycles. The summed E-state index contributed by atoms with van der Waals surface area (Å²) >= 11 is 0. The second kappa shape index (κ2) is 4.43. The Labute approximate surface area is 111 Å². The van der Waals surface area contributed by atoms with E-state index in [-0.39, 0.29) is 5.39 Å². The van der Waals surface area contributed by atoms with Gasteiger partial charge >= 0.3 is 23.8 Å². The SMILES string of the molecule is O=c1ncc2ccccc2n1C(F)(C(F)(F)F)C(F)(F)F. The van der Waals surface area contributed by atoms with E-state index in [1.165, 1.54) is 6.07 Å². The van der Waals surface area contributed by atoms with Crippen molar-refractivity contribution in [3.63, 3.8) is 0 Å². The summed E-state index contributed by atoms with van der Waals surface area (Å²) in [5.74, 6) is -5.87. The number of nitrogens with zero attached hydrogens (tertiary/aromatic N) is 2. The third kappa shape index (κ3) is 2.14. The number of para-hydroxylation sites is 1. The Bertz CT molecular complexity index is 718. The van der Waals surface area contributed by atoms with Gasteiger partial charge in [0.25, 0.3) is 0 Å². The fourth-order valence-electron chi connectivity index (χ4n) is 1.80. The van der Waals surface area contributed by atoms with Crippen molar-refractivity contribution in [1.29, 1.82) is 0 Å². The predicted octanol–water partition coefficient (Wildman–Crippen LogP) is 3.14. The topological polar surface area (TPSA) is 34.9 Å². The van der Waals surface area contributed by atoms with Crippen molar-refractivity contribution in [1.82, 2.24) is 9.55 Å². The molecule has 3 nitrogen and oxygen atoms in total. The third-order valence-corrected chi connectivity index (χ3v) is 2.74. The molecule has 21 heavy (non-hydrogen) atoms. The zero-order chi connectivity index (χ0) is 16.1. The van der Waals surface area contributed by atoms with Crippen LogP contribution in [0.25, 0.3) is 10.9 Å². The van der Waals surface area contributed by atoms with E-state index >= 15 is 0 Å². The van der Waals surface area contributed by atoms with Gasteiger partial charge in [-0.1, -0.05) is 18.2 Å². The van der Waals surface area contributed by atoms with Crippen molar-refractivity contribution in [2.45, 2.75) is 18.1 Å². The van der Waals surface area contributed by atoms with E-state index in [0.717, 1.165) is 24.4 Å². The maximum absolute atomic E-state index is 14.0. The number of hydrogen-bond acceptors (Lipinski definition) is 2. The molecule has 0 saturated heterocycles. The normalized spacial score (nSPS) is 13.7. The minimum absolute atomic E-state index is 0.243. The Balaban J connectivity index is 2.98. The lowest BCUT2D eigenvalue weighted by Gasteiger charge is -2.31. The standard InChI is InChI=1S/C11H5F7N2O/c12-9(10(13,14)15,11(16,17)18)20-7-4-2-1-3-6(7)5-19-8(20)21/h1-5H. The second-order valence-corrected chi connectivity index (χ2v) is 4.05. The quantitative estimate of drug-likeness (QED) is 0.758. The summed E-state index contributed by atoms with van der Waals surface area (Å²) in [6.07, 6.45) is -12.0. The van der Waals surface area contributed by atoms with E-state index in [9.17, 15) is 35.5 Å². The maximum atomic E-state index is 14.0. The molecule has 0 aliphatic rings. The first-order valence-corrected chi connectivity index (χ1v) is 5.30. The second-order valence-electron chi connectivity index (χ2n) is 4.05. The van der Waals surface area contributed by atoms with Crippen LogP contribution in [0.1, 0.15) is 0 Å². The van der Waals surface area contributed by atoms with Gasteiger partial charge in [0.05, 0.1) is 5.52 Å². The lowest BCUT2D eigenvalue weighted by Crippen LogP contribution is -2.58. The number of alkyl halides is 7. The smallest absolute Gasteiger partial charge is 0.246 e. The summed E-state index contributed by atoms with van der Waals surface area (Å²) in [6, 6.07) is 4.24. The van der Waals surface area contributed by atoms with Crippen LogP contribution in [0.5, 0.6) is 0 Å². The van der Waals surface area contributed by atoms with Crippen LogP contribution in [-0.2, 0) is 5.79 Å². The molecule has 0 radical (unpaired) electrons. The fourth-order valence-corrected chi connectivity index (χ4v) is 1.80. The summed E-state index contributed by atoms with van der Waals surface area (Å²) in [5.41, 5.74) is -2.86. The molecule has 0 bridgehead atoms. The van der Waals surface area contributed by atoms with Gasteiger partial charge in [0.15, 0.2) is 0 Å². The molecule has 0 fully saturated rings. The number of rotatable bonds is 1. The Morgan fingerprint density at radius 3 is 1.95 bits per heavy atom. The van der Waals surface area contributed by atoms with Crippen molar-refractivity contribution in [2.75, 3.05) is 0 Å². The number of hydrogen-bond donors (Lipinski definition) is 0. The highest BCUT2D eigenvalue weighted by Gasteiger charge is 2.75. The molecule has 114 valence electrons. The molecule has 0 amide bonds. The third-order valence-electron chi connectivity index (χ3n) is 2.74. The molecule has 1 aromatic carbocycles. The van der Waals surface area contributed by atoms with Gasteiger partial charge in [-0.2, -0.15) is 30.7 Å². The molecule has 0 unspecified atom stereocenters. The monoisotopic (exact) mass is 314 g/mol. The Morgan fingerprint density at radius 1 is 0.905 bits per heavy atom. The Kier molecular flexibility index (Phi) is 3.22. The van der Waals surface area contributed by atoms with Gasteiger partial charge in [-0.15, -0.1) is 0 Å². The summed E-state index contributed by atoms with van der Waals surface area (Å²) < 4.78 is 89.2. The highest BCUT2D eigenvalue weighted by Crippen LogP contribution is 2.49. The molecule has 0 saturated carbocycles. The largest absolute Gasteiger partial charge is 0.452 e. The van der Waals surface area contributed by atoms with Gasteiger partial charge in [0.1, 0.15) is 0 Å². The van der Waals surface area contributed by atoms with E-state index in [2.05, 4.69) is 4.98 Å². The predicted molar refractivity (Wildman–Crippen MR) is 57.2 cm³/mol. The molecule has 0 aliphatic heterocycles. The molecule has 0 N–H and O–H groups in total. The molecule has 2 aromatic rings. The Hall–Kier alpha value is -2.13. The van der Waals surface area contributed by atoms with E-state index in [0.29, 0.717) is 0 Å². The molecular weight excluding hydrogens is 309 g/mol. The zero-order valence-corrected chi connectivity index (χ0v) is 9.84. The summed E-state index contributed by atoms with van der Waals surface area (Å²) in [4.78, 5) is 14.3. The Morgan fingerprint density at radius 2 is 1.43 bits per heavy atom. The molecule has 1 aromatic heterocycles. The van der Waals surface area contributed by atoms with Crippen LogP contribution in [0.3, 0.4) is 0 Å². The van der Waals surface area contributed by atoms with Crippen molar-refractivity contribution in [3.8, 4) is 0 Å². The maximum Gasteiger partial charge on any atom is 0.452 e. The van der Waals surface area contributed by atoms with E-state index in [1.54, 1.807) is 0 Å². The molecular formula is C11H5F7N2O. The zero-order valence-electron chi connectivity index (χ0n) is 9.84. The molecule has 0 atom stereocenters. The molecule has 0 spiro atoms. The lowest BCUT2D eigenvalue weighted by atomic mass is 10.1. The van der Waals surface area contributed by atoms with Gasteiger partial charge in [-0.25, -0.2) is 14.3 Å². The fraction of sp³-hybridized carbons (Fsp3) is 0.273. The number of benzene rings is 1. The van der Waals surface area contributed by atoms with Gasteiger partial charge in [-0.05, 0) is 6.07 Å². The first-order chi connectivity index (χ1) is 9.50. The van der Waals surface area contributed by atoms with Crippen LogP contribution in [-0.4, -0.2) is 21.9 Å². The van der Waals surface area contributed by atoms with Gasteiger partial charge < -0.3 is 0 Å². The van der Waals surface area contributed by atoms with Crippen LogP contribution < -0.4 is 5.69 Å². The van der Waals surface area contributed by atoms with Gasteiger partial charge in [-0.3, -0.25) is 0 Å². The minimum Gasteiger partial charge on any atom is -0.246 e. The van der Waals surface area contributed by atoms with Crippen LogP contribution in [0.15, 0.2) is 35.3 Å². The summed E-state index contributed by atoms with van der Waals surface area (Å²) in [5, 5.41) is -0.243. The number of aromatic nitrogens is 2. The van der Waals surface area contributed by atoms with Crippen LogP contribution in [0, 0.1) is 0 Å². The van der Waals surface area contributed by atoms with Crippen molar-refractivity contribution in [3.05, 3.63) is 40.9 Å². The van der Waals surface area contributed by atoms with Crippen molar-refractivity contribution in [2.24, 2.45) is 0 Å². The average Bonchev–Trinajstić information content (AvgIpc) is 2.35. The van der Waals surface area contributed by atoms with Crippen molar-refractivity contribution < 1.29 is 30.7 Å². The average molecular weight is 314 g/mol. The van der Waals surface area contributed by atoms with E-state index in [4.69, 9.17) is 0 Å². The van der Waals surface area contributed by atoms with Crippen molar-refractivity contribution >= 4 is 10.9 Å². The molecule has 0 aliphatic carbocycles. The first kappa shape index (κ1) is 15.3. The first-order valence-electron chi connectivity index (χ1n) is 5.30. The van der Waals surface area contributed by atoms with E-state index < -0.39 is 33.9 Å². The molecule has 10 heteroatoms. The summed E-state index contributed by atoms with van der Waals surface area (Å²) in [7, 11) is 0. The number of fused-ring (bicyclic) bond motifs is 1. The van der Waals surface area contributed by atoms with Crippen LogP contribution >= 0.6 is 0 Å². The lowest BCUT2D eigenvalue weighted by molar-refractivity contribution is -0.377. The highest BCUT2D eigenvalue weighted by atomic mass is 19.4. The highest BCUT2D eigenvalue weighted by molar-refractivity contribution is 5.78. The van der Waals surface area contributed by atoms with Crippen LogP contribution in [0.2, 0.25) is 0 Å². The van der Waals surface area contributed by atoms with Gasteiger partial charge in [0, 0.05) is 11.6 Å². The summed E-state index contributed by atoms with van der Waals surface area (Å²) in [6.45, 7) is 0.